The number of carbonyl (C=O) groups excluding carboxylic acids is 1. The summed E-state index contributed by atoms with van der Waals surface area (Å²) >= 11 is 0. The Morgan fingerprint density at radius 1 is 0.929 bits per heavy atom. The monoisotopic (exact) mass is 573 g/mol. The van der Waals surface area contributed by atoms with Crippen molar-refractivity contribution in [2.75, 3.05) is 34.5 Å². The lowest BCUT2D eigenvalue weighted by atomic mass is 9.99. The number of unbranched alkanes of at least 4 members (excludes halogenated alkanes) is 1. The van der Waals surface area contributed by atoms with Gasteiger partial charge in [0.2, 0.25) is 5.75 Å². The smallest absolute Gasteiger partial charge is 0.251 e. The molecule has 42 heavy (non-hydrogen) atoms. The number of nitrogens with one attached hydrogen (secondary N) is 1. The van der Waals surface area contributed by atoms with Crippen molar-refractivity contribution in [3.63, 3.8) is 0 Å². The molecule has 4 rings (SSSR count). The normalized spacial score (nSPS) is 11.7. The van der Waals surface area contributed by atoms with Crippen LogP contribution in [0.1, 0.15) is 67.2 Å². The average molecular weight is 574 g/mol. The third-order valence-corrected chi connectivity index (χ3v) is 7.63. The molecule has 1 heterocycles. The van der Waals surface area contributed by atoms with E-state index >= 15 is 0 Å². The van der Waals surface area contributed by atoms with Crippen LogP contribution in [0, 0.1) is 0 Å². The van der Waals surface area contributed by atoms with Crippen LogP contribution in [0.3, 0.4) is 0 Å². The Balaban J connectivity index is 1.29. The zero-order valence-corrected chi connectivity index (χ0v) is 25.4. The Labute approximate surface area is 249 Å². The van der Waals surface area contributed by atoms with Gasteiger partial charge in [-0.15, -0.1) is 0 Å². The first-order chi connectivity index (χ1) is 20.5. The Bertz CT molecular complexity index is 1420. The first-order valence-corrected chi connectivity index (χ1v) is 14.7. The third-order valence-electron chi connectivity index (χ3n) is 7.63. The van der Waals surface area contributed by atoms with Crippen molar-refractivity contribution < 1.29 is 23.7 Å². The van der Waals surface area contributed by atoms with Gasteiger partial charge in [-0.3, -0.25) is 4.79 Å². The maximum atomic E-state index is 12.9. The van der Waals surface area contributed by atoms with Gasteiger partial charge in [0, 0.05) is 25.1 Å². The van der Waals surface area contributed by atoms with Crippen LogP contribution in [-0.4, -0.2) is 49.9 Å². The second-order valence-electron chi connectivity index (χ2n) is 10.4. The molecule has 4 aromatic rings. The molecule has 1 unspecified atom stereocenters. The third kappa shape index (κ3) is 7.55. The summed E-state index contributed by atoms with van der Waals surface area (Å²) in [5.74, 6) is 3.66. The van der Waals surface area contributed by atoms with Crippen LogP contribution in [0.25, 0.3) is 11.0 Å². The lowest BCUT2D eigenvalue weighted by Crippen LogP contribution is -2.25. The van der Waals surface area contributed by atoms with E-state index in [-0.39, 0.29) is 5.91 Å². The van der Waals surface area contributed by atoms with Crippen molar-refractivity contribution in [3.05, 3.63) is 77.6 Å². The van der Waals surface area contributed by atoms with Gasteiger partial charge in [0.05, 0.1) is 39.0 Å². The number of methoxy groups -OCH3 is 3. The van der Waals surface area contributed by atoms with E-state index in [4.69, 9.17) is 23.9 Å². The fourth-order valence-electron chi connectivity index (χ4n) is 5.02. The fourth-order valence-corrected chi connectivity index (χ4v) is 5.02. The number of amides is 1. The Morgan fingerprint density at radius 2 is 1.64 bits per heavy atom. The molecule has 3 aromatic carbocycles. The number of aryl methyl sites for hydroxylation is 2. The molecule has 1 atom stereocenters. The number of nitrogens with zero attached hydrogens (tertiary/aromatic N) is 2. The number of rotatable bonds is 16. The average Bonchev–Trinajstić information content (AvgIpc) is 3.38. The van der Waals surface area contributed by atoms with Crippen LogP contribution >= 0.6 is 0 Å². The van der Waals surface area contributed by atoms with Crippen molar-refractivity contribution >= 4 is 16.9 Å². The molecule has 0 radical (unpaired) electrons. The molecule has 1 aromatic heterocycles. The molecule has 8 nitrogen and oxygen atoms in total. The summed E-state index contributed by atoms with van der Waals surface area (Å²) in [5.41, 5.74) is 3.93. The lowest BCUT2D eigenvalue weighted by molar-refractivity contribution is 0.0952. The number of para-hydroxylation sites is 2. The summed E-state index contributed by atoms with van der Waals surface area (Å²) in [6, 6.07) is 20.0. The van der Waals surface area contributed by atoms with Crippen molar-refractivity contribution in [1.29, 1.82) is 0 Å². The van der Waals surface area contributed by atoms with Crippen molar-refractivity contribution in [3.8, 4) is 23.0 Å². The van der Waals surface area contributed by atoms with E-state index in [1.807, 2.05) is 18.2 Å². The van der Waals surface area contributed by atoms with E-state index in [0.29, 0.717) is 41.9 Å². The predicted octanol–water partition coefficient (Wildman–Crippen LogP) is 6.80. The maximum Gasteiger partial charge on any atom is 0.251 e. The number of aromatic nitrogens is 2. The molecule has 1 N–H and O–H groups in total. The molecule has 0 bridgehead atoms. The van der Waals surface area contributed by atoms with Crippen molar-refractivity contribution in [1.82, 2.24) is 14.9 Å². The molecule has 224 valence electrons. The zero-order chi connectivity index (χ0) is 29.9. The van der Waals surface area contributed by atoms with E-state index in [0.717, 1.165) is 61.3 Å². The molecule has 1 amide bonds. The maximum absolute atomic E-state index is 12.9. The van der Waals surface area contributed by atoms with Crippen LogP contribution in [0.4, 0.5) is 0 Å². The molecule has 8 heteroatoms. The highest BCUT2D eigenvalue weighted by Gasteiger charge is 2.17. The van der Waals surface area contributed by atoms with E-state index in [1.165, 1.54) is 26.9 Å². The van der Waals surface area contributed by atoms with Crippen molar-refractivity contribution in [2.24, 2.45) is 0 Å². The Morgan fingerprint density at radius 3 is 2.31 bits per heavy atom. The highest BCUT2D eigenvalue weighted by atomic mass is 16.5. The SMILES string of the molecule is CCC(C)c1ccc(OCCCCn2c(CCCNC(=O)c3cc(OC)c(OC)c(OC)c3)nc3ccccc32)cc1. The summed E-state index contributed by atoms with van der Waals surface area (Å²) < 4.78 is 24.4. The second-order valence-corrected chi connectivity index (χ2v) is 10.4. The van der Waals surface area contributed by atoms with E-state index in [2.05, 4.69) is 54.1 Å². The molecule has 0 spiro atoms. The number of fused-ring (bicyclic) bond motifs is 1. The molecule has 0 aliphatic rings. The first-order valence-electron chi connectivity index (χ1n) is 14.7. The largest absolute Gasteiger partial charge is 0.494 e. The number of benzene rings is 3. The number of carbonyl (C=O) groups is 1. The number of hydrogen-bond donors (Lipinski definition) is 1. The Kier molecular flexibility index (Phi) is 11.1. The van der Waals surface area contributed by atoms with E-state index in [9.17, 15) is 4.79 Å². The van der Waals surface area contributed by atoms with Crippen molar-refractivity contribution in [2.45, 2.75) is 58.4 Å². The summed E-state index contributed by atoms with van der Waals surface area (Å²) in [6.45, 7) is 6.52. The predicted molar refractivity (Wildman–Crippen MR) is 166 cm³/mol. The highest BCUT2D eigenvalue weighted by Crippen LogP contribution is 2.38. The lowest BCUT2D eigenvalue weighted by Gasteiger charge is -2.14. The van der Waals surface area contributed by atoms with Gasteiger partial charge in [0.15, 0.2) is 11.5 Å². The van der Waals surface area contributed by atoms with Gasteiger partial charge in [0.1, 0.15) is 11.6 Å². The molecule has 0 saturated heterocycles. The molecule has 0 saturated carbocycles. The fraction of sp³-hybridized carbons (Fsp3) is 0.412. The number of ether oxygens (including phenoxy) is 4. The van der Waals surface area contributed by atoms with E-state index < -0.39 is 0 Å². The van der Waals surface area contributed by atoms with E-state index in [1.54, 1.807) is 12.1 Å². The van der Waals surface area contributed by atoms with Gasteiger partial charge in [-0.2, -0.15) is 0 Å². The molecule has 0 aliphatic heterocycles. The molecular formula is C34H43N3O5. The molecular weight excluding hydrogens is 530 g/mol. The summed E-state index contributed by atoms with van der Waals surface area (Å²) in [5, 5.41) is 3.01. The van der Waals surface area contributed by atoms with Crippen LogP contribution in [-0.2, 0) is 13.0 Å². The molecule has 0 fully saturated rings. The van der Waals surface area contributed by atoms with Crippen LogP contribution in [0.2, 0.25) is 0 Å². The van der Waals surface area contributed by atoms with Gasteiger partial charge in [0.25, 0.3) is 5.91 Å². The van der Waals surface area contributed by atoms with Crippen LogP contribution in [0.5, 0.6) is 23.0 Å². The number of hydrogen-bond acceptors (Lipinski definition) is 6. The number of imidazole rings is 1. The van der Waals surface area contributed by atoms with Gasteiger partial charge < -0.3 is 28.8 Å². The quantitative estimate of drug-likeness (QED) is 0.149. The van der Waals surface area contributed by atoms with Gasteiger partial charge in [-0.05, 0) is 73.6 Å². The summed E-state index contributed by atoms with van der Waals surface area (Å²) in [4.78, 5) is 17.8. The highest BCUT2D eigenvalue weighted by molar-refractivity contribution is 5.95. The van der Waals surface area contributed by atoms with Gasteiger partial charge in [-0.1, -0.05) is 38.1 Å². The minimum Gasteiger partial charge on any atom is -0.494 e. The second kappa shape index (κ2) is 15.1. The minimum absolute atomic E-state index is 0.197. The van der Waals surface area contributed by atoms with Crippen LogP contribution in [0.15, 0.2) is 60.7 Å². The van der Waals surface area contributed by atoms with Gasteiger partial charge >= 0.3 is 0 Å². The molecule has 0 aliphatic carbocycles. The van der Waals surface area contributed by atoms with Gasteiger partial charge in [-0.25, -0.2) is 4.98 Å². The van der Waals surface area contributed by atoms with Crippen LogP contribution < -0.4 is 24.3 Å². The summed E-state index contributed by atoms with van der Waals surface area (Å²) in [6.07, 6.45) is 4.58. The first kappa shape index (κ1) is 30.8. The Hall–Kier alpha value is -4.20. The standard InChI is InChI=1S/C34H43N3O5/c1-6-24(2)25-15-17-27(18-16-25)42-21-10-9-20-37-29-13-8-7-12-28(29)36-32(37)14-11-19-35-34(38)26-22-30(39-3)33(41-5)31(23-26)40-4/h7-8,12-13,15-18,22-24H,6,9-11,14,19-21H2,1-5H3,(H,35,38). The minimum atomic E-state index is -0.197. The zero-order valence-electron chi connectivity index (χ0n) is 25.4. The summed E-state index contributed by atoms with van der Waals surface area (Å²) in [7, 11) is 4.60. The topological polar surface area (TPSA) is 83.8 Å².